The number of unbranched alkanes of at least 4 members (excludes halogenated alkanes) is 31. The standard InChI is InChI=1S/C49H94O6/c1-5-7-9-11-12-13-14-15-16-17-18-19-20-23-27-30-34-38-42-49(52)55-46(43-53-47(50)40-36-31-10-8-6-2)44-54-48(51)41-37-33-29-26-24-21-22-25-28-32-35-39-45(3)4/h45-46H,5-44H2,1-4H3/t46-/m1/s1. The monoisotopic (exact) mass is 779 g/mol. The summed E-state index contributed by atoms with van der Waals surface area (Å²) < 4.78 is 16.6. The normalized spacial score (nSPS) is 11.9. The summed E-state index contributed by atoms with van der Waals surface area (Å²) in [5.41, 5.74) is 0. The van der Waals surface area contributed by atoms with Gasteiger partial charge in [-0.15, -0.1) is 0 Å². The van der Waals surface area contributed by atoms with Gasteiger partial charge in [0.05, 0.1) is 0 Å². The maximum atomic E-state index is 12.7. The summed E-state index contributed by atoms with van der Waals surface area (Å²) in [6, 6.07) is 0. The van der Waals surface area contributed by atoms with Crippen LogP contribution in [0.2, 0.25) is 0 Å². The lowest BCUT2D eigenvalue weighted by atomic mass is 10.0. The number of carbonyl (C=O) groups excluding carboxylic acids is 3. The minimum Gasteiger partial charge on any atom is -0.462 e. The van der Waals surface area contributed by atoms with E-state index in [2.05, 4.69) is 27.7 Å². The molecule has 326 valence electrons. The van der Waals surface area contributed by atoms with E-state index in [1.807, 2.05) is 0 Å². The number of ether oxygens (including phenoxy) is 3. The third kappa shape index (κ3) is 43.4. The number of rotatable bonds is 44. The molecule has 0 heterocycles. The van der Waals surface area contributed by atoms with Crippen LogP contribution in [-0.4, -0.2) is 37.2 Å². The predicted octanol–water partition coefficient (Wildman–Crippen LogP) is 15.5. The van der Waals surface area contributed by atoms with Crippen molar-refractivity contribution in [2.45, 2.75) is 278 Å². The van der Waals surface area contributed by atoms with E-state index < -0.39 is 6.10 Å². The fourth-order valence-corrected chi connectivity index (χ4v) is 7.33. The Morgan fingerprint density at radius 1 is 0.345 bits per heavy atom. The van der Waals surface area contributed by atoms with Gasteiger partial charge in [0.1, 0.15) is 13.2 Å². The summed E-state index contributed by atoms with van der Waals surface area (Å²) in [4.78, 5) is 37.6. The van der Waals surface area contributed by atoms with Gasteiger partial charge in [0.2, 0.25) is 0 Å². The van der Waals surface area contributed by atoms with Crippen molar-refractivity contribution < 1.29 is 28.6 Å². The van der Waals surface area contributed by atoms with E-state index in [0.717, 1.165) is 70.1 Å². The molecule has 6 nitrogen and oxygen atoms in total. The molecular formula is C49H94O6. The first-order valence-electron chi connectivity index (χ1n) is 24.4. The Bertz CT molecular complexity index is 826. The van der Waals surface area contributed by atoms with Crippen LogP contribution in [0.1, 0.15) is 272 Å². The predicted molar refractivity (Wildman–Crippen MR) is 233 cm³/mol. The van der Waals surface area contributed by atoms with Crippen LogP contribution in [-0.2, 0) is 28.6 Å². The van der Waals surface area contributed by atoms with Crippen LogP contribution in [0.15, 0.2) is 0 Å². The smallest absolute Gasteiger partial charge is 0.306 e. The summed E-state index contributed by atoms with van der Waals surface area (Å²) >= 11 is 0. The van der Waals surface area contributed by atoms with Crippen LogP contribution in [0, 0.1) is 5.92 Å². The summed E-state index contributed by atoms with van der Waals surface area (Å²) in [6.07, 6.45) is 44.1. The molecular weight excluding hydrogens is 685 g/mol. The molecule has 0 aromatic heterocycles. The molecule has 0 saturated carbocycles. The lowest BCUT2D eigenvalue weighted by Gasteiger charge is -2.18. The molecule has 0 saturated heterocycles. The summed E-state index contributed by atoms with van der Waals surface area (Å²) in [6.45, 7) is 8.93. The Hall–Kier alpha value is -1.59. The van der Waals surface area contributed by atoms with E-state index in [9.17, 15) is 14.4 Å². The Morgan fingerprint density at radius 3 is 0.891 bits per heavy atom. The Labute approximate surface area is 342 Å². The van der Waals surface area contributed by atoms with Gasteiger partial charge in [0.15, 0.2) is 6.10 Å². The number of carbonyl (C=O) groups is 3. The Balaban J connectivity index is 4.13. The van der Waals surface area contributed by atoms with Crippen molar-refractivity contribution in [3.63, 3.8) is 0 Å². The van der Waals surface area contributed by atoms with E-state index in [-0.39, 0.29) is 31.1 Å². The molecule has 55 heavy (non-hydrogen) atoms. The lowest BCUT2D eigenvalue weighted by molar-refractivity contribution is -0.167. The highest BCUT2D eigenvalue weighted by molar-refractivity contribution is 5.71. The van der Waals surface area contributed by atoms with Gasteiger partial charge >= 0.3 is 17.9 Å². The van der Waals surface area contributed by atoms with Gasteiger partial charge in [-0.1, -0.05) is 233 Å². The average Bonchev–Trinajstić information content (AvgIpc) is 3.17. The molecule has 1 atom stereocenters. The van der Waals surface area contributed by atoms with Crippen molar-refractivity contribution in [2.75, 3.05) is 13.2 Å². The maximum absolute atomic E-state index is 12.7. The highest BCUT2D eigenvalue weighted by Crippen LogP contribution is 2.17. The van der Waals surface area contributed by atoms with E-state index in [0.29, 0.717) is 19.3 Å². The van der Waals surface area contributed by atoms with Crippen LogP contribution < -0.4 is 0 Å². The molecule has 0 aliphatic carbocycles. The SMILES string of the molecule is CCCCCCCCCCCCCCCCCCCCC(=O)O[C@H](COC(=O)CCCCCCC)COC(=O)CCCCCCCCCCCCCC(C)C. The van der Waals surface area contributed by atoms with E-state index in [1.165, 1.54) is 161 Å². The summed E-state index contributed by atoms with van der Waals surface area (Å²) in [5, 5.41) is 0. The molecule has 0 unspecified atom stereocenters. The van der Waals surface area contributed by atoms with Gasteiger partial charge in [0.25, 0.3) is 0 Å². The first-order chi connectivity index (χ1) is 26.9. The molecule has 0 amide bonds. The molecule has 0 bridgehead atoms. The minimum atomic E-state index is -0.758. The average molecular weight is 779 g/mol. The zero-order valence-electron chi connectivity index (χ0n) is 37.4. The molecule has 0 N–H and O–H groups in total. The van der Waals surface area contributed by atoms with Gasteiger partial charge in [-0.05, 0) is 25.2 Å². The van der Waals surface area contributed by atoms with Crippen LogP contribution >= 0.6 is 0 Å². The highest BCUT2D eigenvalue weighted by Gasteiger charge is 2.19. The molecule has 0 radical (unpaired) electrons. The van der Waals surface area contributed by atoms with Gasteiger partial charge in [0, 0.05) is 19.3 Å². The third-order valence-electron chi connectivity index (χ3n) is 11.0. The molecule has 0 aliphatic rings. The van der Waals surface area contributed by atoms with Crippen molar-refractivity contribution in [2.24, 2.45) is 5.92 Å². The van der Waals surface area contributed by atoms with Gasteiger partial charge < -0.3 is 14.2 Å². The van der Waals surface area contributed by atoms with Crippen molar-refractivity contribution in [3.05, 3.63) is 0 Å². The van der Waals surface area contributed by atoms with Crippen molar-refractivity contribution in [3.8, 4) is 0 Å². The molecule has 0 fully saturated rings. The first kappa shape index (κ1) is 53.4. The fourth-order valence-electron chi connectivity index (χ4n) is 7.33. The van der Waals surface area contributed by atoms with Crippen molar-refractivity contribution in [1.29, 1.82) is 0 Å². The zero-order chi connectivity index (χ0) is 40.3. The second-order valence-electron chi connectivity index (χ2n) is 17.2. The second-order valence-corrected chi connectivity index (χ2v) is 17.2. The largest absolute Gasteiger partial charge is 0.462 e. The summed E-state index contributed by atoms with van der Waals surface area (Å²) in [5.74, 6) is -0.0369. The number of esters is 3. The van der Waals surface area contributed by atoms with E-state index in [1.54, 1.807) is 0 Å². The Morgan fingerprint density at radius 2 is 0.600 bits per heavy atom. The quantitative estimate of drug-likeness (QED) is 0.0348. The molecule has 0 aliphatic heterocycles. The fraction of sp³-hybridized carbons (Fsp3) is 0.939. The third-order valence-corrected chi connectivity index (χ3v) is 11.0. The van der Waals surface area contributed by atoms with Crippen LogP contribution in [0.3, 0.4) is 0 Å². The van der Waals surface area contributed by atoms with E-state index >= 15 is 0 Å². The van der Waals surface area contributed by atoms with Gasteiger partial charge in [-0.3, -0.25) is 14.4 Å². The zero-order valence-corrected chi connectivity index (χ0v) is 37.4. The van der Waals surface area contributed by atoms with Crippen LogP contribution in [0.4, 0.5) is 0 Å². The Kier molecular flexibility index (Phi) is 42.3. The van der Waals surface area contributed by atoms with Crippen LogP contribution in [0.25, 0.3) is 0 Å². The highest BCUT2D eigenvalue weighted by atomic mass is 16.6. The van der Waals surface area contributed by atoms with Gasteiger partial charge in [-0.25, -0.2) is 0 Å². The molecule has 6 heteroatoms. The van der Waals surface area contributed by atoms with Crippen LogP contribution in [0.5, 0.6) is 0 Å². The van der Waals surface area contributed by atoms with E-state index in [4.69, 9.17) is 14.2 Å². The van der Waals surface area contributed by atoms with Crippen molar-refractivity contribution in [1.82, 2.24) is 0 Å². The molecule has 0 rings (SSSR count). The number of hydrogen-bond donors (Lipinski definition) is 0. The lowest BCUT2D eigenvalue weighted by Crippen LogP contribution is -2.30. The second kappa shape index (κ2) is 43.5. The first-order valence-corrected chi connectivity index (χ1v) is 24.4. The maximum Gasteiger partial charge on any atom is 0.306 e. The van der Waals surface area contributed by atoms with Gasteiger partial charge in [-0.2, -0.15) is 0 Å². The summed E-state index contributed by atoms with van der Waals surface area (Å²) in [7, 11) is 0. The minimum absolute atomic E-state index is 0.0645. The molecule has 0 aromatic carbocycles. The number of hydrogen-bond acceptors (Lipinski definition) is 6. The molecule has 0 aromatic rings. The van der Waals surface area contributed by atoms with Crippen molar-refractivity contribution >= 4 is 17.9 Å². The topological polar surface area (TPSA) is 78.9 Å². The molecule has 0 spiro atoms.